The van der Waals surface area contributed by atoms with E-state index in [2.05, 4.69) is 27.4 Å². The Hall–Kier alpha value is -2.97. The number of thiazole rings is 1. The number of anilines is 1. The van der Waals surface area contributed by atoms with Crippen molar-refractivity contribution >= 4 is 45.0 Å². The number of thioether (sulfide) groups is 1. The normalized spacial score (nSPS) is 11.0. The molecular weight excluding hydrogens is 428 g/mol. The molecular formula is C23H22N4O2S2. The largest absolute Gasteiger partial charge is 0.301 e. The number of rotatable bonds is 8. The molecule has 1 amide bonds. The van der Waals surface area contributed by atoms with E-state index in [1.54, 1.807) is 10.6 Å². The Balaban J connectivity index is 1.51. The zero-order chi connectivity index (χ0) is 21.6. The molecule has 0 aliphatic carbocycles. The van der Waals surface area contributed by atoms with Gasteiger partial charge in [0, 0.05) is 11.9 Å². The first-order valence-corrected chi connectivity index (χ1v) is 11.8. The van der Waals surface area contributed by atoms with Gasteiger partial charge in [0.1, 0.15) is 0 Å². The first-order valence-electron chi connectivity index (χ1n) is 9.98. The van der Waals surface area contributed by atoms with Crippen LogP contribution in [0.2, 0.25) is 0 Å². The van der Waals surface area contributed by atoms with Gasteiger partial charge in [0.15, 0.2) is 10.3 Å². The summed E-state index contributed by atoms with van der Waals surface area (Å²) in [5, 5.41) is 6.42. The molecule has 1 N–H and O–H groups in total. The molecule has 6 nitrogen and oxygen atoms in total. The number of amides is 1. The Kier molecular flexibility index (Phi) is 6.79. The van der Waals surface area contributed by atoms with Crippen LogP contribution in [-0.4, -0.2) is 26.2 Å². The number of hydrogen-bond acceptors (Lipinski definition) is 6. The summed E-state index contributed by atoms with van der Waals surface area (Å²) in [4.78, 5) is 34.4. The Morgan fingerprint density at radius 1 is 1.10 bits per heavy atom. The standard InChI is InChI=1S/C23H22N4O2S2/c1-16-14-30-22(24-16)26-20(28)15-31-23-25-19-12-6-5-11-18(19)21(29)27(23)13-7-10-17-8-3-2-4-9-17/h2-6,8-9,11-12,14H,7,10,13,15H2,1H3,(H,24,26,28). The average Bonchev–Trinajstić information content (AvgIpc) is 3.19. The van der Waals surface area contributed by atoms with Gasteiger partial charge in [0.25, 0.3) is 5.56 Å². The number of nitrogens with one attached hydrogen (secondary N) is 1. The molecule has 0 aliphatic heterocycles. The predicted octanol–water partition coefficient (Wildman–Crippen LogP) is 4.53. The van der Waals surface area contributed by atoms with Crippen LogP contribution < -0.4 is 10.9 Å². The number of aryl methyl sites for hydroxylation is 2. The third kappa shape index (κ3) is 5.39. The fourth-order valence-corrected chi connectivity index (χ4v) is 4.77. The van der Waals surface area contributed by atoms with Crippen molar-refractivity contribution < 1.29 is 4.79 Å². The molecule has 8 heteroatoms. The van der Waals surface area contributed by atoms with Crippen LogP contribution in [0.4, 0.5) is 5.13 Å². The molecule has 4 rings (SSSR count). The number of aromatic nitrogens is 3. The van der Waals surface area contributed by atoms with Gasteiger partial charge in [0.05, 0.1) is 22.3 Å². The van der Waals surface area contributed by atoms with Crippen LogP contribution in [-0.2, 0) is 17.8 Å². The highest BCUT2D eigenvalue weighted by Gasteiger charge is 2.14. The van der Waals surface area contributed by atoms with Crippen LogP contribution in [0.25, 0.3) is 10.9 Å². The maximum Gasteiger partial charge on any atom is 0.262 e. The topological polar surface area (TPSA) is 76.9 Å². The van der Waals surface area contributed by atoms with Crippen LogP contribution in [0, 0.1) is 6.92 Å². The van der Waals surface area contributed by atoms with Crippen molar-refractivity contribution in [1.29, 1.82) is 0 Å². The van der Waals surface area contributed by atoms with Crippen molar-refractivity contribution in [2.75, 3.05) is 11.1 Å². The van der Waals surface area contributed by atoms with Crippen molar-refractivity contribution in [3.05, 3.63) is 81.6 Å². The van der Waals surface area contributed by atoms with E-state index in [4.69, 9.17) is 0 Å². The summed E-state index contributed by atoms with van der Waals surface area (Å²) >= 11 is 2.67. The summed E-state index contributed by atoms with van der Waals surface area (Å²) in [6.07, 6.45) is 1.68. The molecule has 31 heavy (non-hydrogen) atoms. The van der Waals surface area contributed by atoms with Gasteiger partial charge in [-0.1, -0.05) is 54.2 Å². The molecule has 4 aromatic rings. The molecule has 0 spiro atoms. The van der Waals surface area contributed by atoms with Crippen LogP contribution in [0.3, 0.4) is 0 Å². The first-order chi connectivity index (χ1) is 15.1. The van der Waals surface area contributed by atoms with Crippen LogP contribution >= 0.6 is 23.1 Å². The number of benzene rings is 2. The van der Waals surface area contributed by atoms with E-state index in [0.29, 0.717) is 27.7 Å². The molecule has 2 heterocycles. The summed E-state index contributed by atoms with van der Waals surface area (Å²) in [6, 6.07) is 17.5. The lowest BCUT2D eigenvalue weighted by Gasteiger charge is -2.13. The Labute approximate surface area is 188 Å². The number of carbonyl (C=O) groups excluding carboxylic acids is 1. The summed E-state index contributed by atoms with van der Waals surface area (Å²) in [6.45, 7) is 2.43. The third-order valence-corrected chi connectivity index (χ3v) is 6.57. The highest BCUT2D eigenvalue weighted by molar-refractivity contribution is 7.99. The number of nitrogens with zero attached hydrogens (tertiary/aromatic N) is 3. The zero-order valence-electron chi connectivity index (χ0n) is 17.1. The molecule has 0 saturated carbocycles. The second-order valence-corrected chi connectivity index (χ2v) is 8.89. The van der Waals surface area contributed by atoms with Crippen molar-refractivity contribution in [3.63, 3.8) is 0 Å². The molecule has 0 bridgehead atoms. The quantitative estimate of drug-likeness (QED) is 0.315. The third-order valence-electron chi connectivity index (χ3n) is 4.71. The SMILES string of the molecule is Cc1csc(NC(=O)CSc2nc3ccccc3c(=O)n2CCCc2ccccc2)n1. The second kappa shape index (κ2) is 9.89. The number of para-hydroxylation sites is 1. The van der Waals surface area contributed by atoms with Gasteiger partial charge in [-0.25, -0.2) is 9.97 Å². The molecule has 0 unspecified atom stereocenters. The van der Waals surface area contributed by atoms with E-state index in [-0.39, 0.29) is 17.2 Å². The van der Waals surface area contributed by atoms with Crippen molar-refractivity contribution in [2.24, 2.45) is 0 Å². The van der Waals surface area contributed by atoms with Gasteiger partial charge < -0.3 is 5.32 Å². The van der Waals surface area contributed by atoms with E-state index in [1.165, 1.54) is 28.7 Å². The molecule has 158 valence electrons. The van der Waals surface area contributed by atoms with Crippen LogP contribution in [0.1, 0.15) is 17.7 Å². The van der Waals surface area contributed by atoms with Gasteiger partial charge >= 0.3 is 0 Å². The molecule has 0 radical (unpaired) electrons. The van der Waals surface area contributed by atoms with Crippen molar-refractivity contribution in [1.82, 2.24) is 14.5 Å². The molecule has 0 fully saturated rings. The van der Waals surface area contributed by atoms with E-state index in [9.17, 15) is 9.59 Å². The fraction of sp³-hybridized carbons (Fsp3) is 0.217. The minimum absolute atomic E-state index is 0.0721. The van der Waals surface area contributed by atoms with Gasteiger partial charge in [-0.2, -0.15) is 0 Å². The monoisotopic (exact) mass is 450 g/mol. The minimum Gasteiger partial charge on any atom is -0.301 e. The number of carbonyl (C=O) groups is 1. The average molecular weight is 451 g/mol. The van der Waals surface area contributed by atoms with E-state index in [1.807, 2.05) is 48.7 Å². The minimum atomic E-state index is -0.169. The number of fused-ring (bicyclic) bond motifs is 1. The maximum atomic E-state index is 13.1. The van der Waals surface area contributed by atoms with E-state index in [0.717, 1.165) is 18.5 Å². The van der Waals surface area contributed by atoms with Gasteiger partial charge in [0.2, 0.25) is 5.91 Å². The first kappa shape index (κ1) is 21.3. The van der Waals surface area contributed by atoms with Crippen molar-refractivity contribution in [3.8, 4) is 0 Å². The smallest absolute Gasteiger partial charge is 0.262 e. The second-order valence-electron chi connectivity index (χ2n) is 7.09. The molecule has 2 aromatic carbocycles. The van der Waals surface area contributed by atoms with E-state index >= 15 is 0 Å². The lowest BCUT2D eigenvalue weighted by molar-refractivity contribution is -0.113. The maximum absolute atomic E-state index is 13.1. The molecule has 0 saturated heterocycles. The van der Waals surface area contributed by atoms with Crippen LogP contribution in [0.15, 0.2) is 69.9 Å². The Morgan fingerprint density at radius 3 is 2.65 bits per heavy atom. The highest BCUT2D eigenvalue weighted by Crippen LogP contribution is 2.20. The summed E-state index contributed by atoms with van der Waals surface area (Å²) in [5.74, 6) is -0.0140. The lowest BCUT2D eigenvalue weighted by Crippen LogP contribution is -2.24. The van der Waals surface area contributed by atoms with Gasteiger partial charge in [-0.15, -0.1) is 11.3 Å². The van der Waals surface area contributed by atoms with Crippen molar-refractivity contribution in [2.45, 2.75) is 31.5 Å². The van der Waals surface area contributed by atoms with Gasteiger partial charge in [-0.3, -0.25) is 14.2 Å². The fourth-order valence-electron chi connectivity index (χ4n) is 3.24. The molecule has 0 aliphatic rings. The number of hydrogen-bond donors (Lipinski definition) is 1. The predicted molar refractivity (Wildman–Crippen MR) is 127 cm³/mol. The van der Waals surface area contributed by atoms with E-state index < -0.39 is 0 Å². The zero-order valence-corrected chi connectivity index (χ0v) is 18.7. The summed E-state index contributed by atoms with van der Waals surface area (Å²) in [7, 11) is 0. The Bertz CT molecular complexity index is 1250. The van der Waals surface area contributed by atoms with Crippen LogP contribution in [0.5, 0.6) is 0 Å². The summed E-state index contributed by atoms with van der Waals surface area (Å²) < 4.78 is 1.69. The lowest BCUT2D eigenvalue weighted by atomic mass is 10.1. The summed E-state index contributed by atoms with van der Waals surface area (Å²) in [5.41, 5.74) is 2.68. The van der Waals surface area contributed by atoms with Gasteiger partial charge in [-0.05, 0) is 37.5 Å². The Morgan fingerprint density at radius 2 is 1.87 bits per heavy atom. The molecule has 0 atom stereocenters. The molecule has 2 aromatic heterocycles. The highest BCUT2D eigenvalue weighted by atomic mass is 32.2.